The molecule has 2 rings (SSSR count). The van der Waals surface area contributed by atoms with Crippen LogP contribution in [0.1, 0.15) is 30.5 Å². The van der Waals surface area contributed by atoms with E-state index < -0.39 is 0 Å². The quantitative estimate of drug-likeness (QED) is 0.463. The lowest BCUT2D eigenvalue weighted by atomic mass is 10.1. The van der Waals surface area contributed by atoms with Crippen LogP contribution in [0.15, 0.2) is 40.9 Å². The molecule has 0 saturated carbocycles. The van der Waals surface area contributed by atoms with E-state index in [1.807, 2.05) is 32.0 Å². The first-order chi connectivity index (χ1) is 12.3. The van der Waals surface area contributed by atoms with Crippen molar-refractivity contribution in [3.8, 4) is 24.3 Å². The predicted molar refractivity (Wildman–Crippen MR) is 115 cm³/mol. The Hall–Kier alpha value is -1.82. The fraction of sp³-hybridized carbons (Fsp3) is 0.286. The number of carbonyl (C=O) groups excluding carboxylic acids is 1. The molecule has 1 amide bonds. The molecule has 0 aliphatic carbocycles. The van der Waals surface area contributed by atoms with Gasteiger partial charge in [0.1, 0.15) is 11.5 Å². The van der Waals surface area contributed by atoms with Crippen molar-refractivity contribution in [2.24, 2.45) is 0 Å². The van der Waals surface area contributed by atoms with Crippen LogP contribution in [0.4, 0.5) is 0 Å². The first kappa shape index (κ1) is 22.2. The van der Waals surface area contributed by atoms with Gasteiger partial charge in [0.25, 0.3) is 0 Å². The van der Waals surface area contributed by atoms with Gasteiger partial charge in [-0.3, -0.25) is 4.79 Å². The highest BCUT2D eigenvalue weighted by atomic mass is 79.9. The van der Waals surface area contributed by atoms with Gasteiger partial charge >= 0.3 is 0 Å². The topological polar surface area (TPSA) is 38.3 Å². The Balaban J connectivity index is 0.00000163. The monoisotopic (exact) mass is 433 g/mol. The van der Waals surface area contributed by atoms with Crippen molar-refractivity contribution in [3.63, 3.8) is 0 Å². The lowest BCUT2D eigenvalue weighted by Crippen LogP contribution is -2.14. The molecule has 2 aromatic carbocycles. The molecule has 0 aromatic heterocycles. The van der Waals surface area contributed by atoms with Crippen LogP contribution in [-0.2, 0) is 11.2 Å². The number of aryl methyl sites for hydroxylation is 2. The third kappa shape index (κ3) is 7.20. The highest BCUT2D eigenvalue weighted by molar-refractivity contribution is 9.10. The Bertz CT molecular complexity index is 774. The zero-order valence-corrected chi connectivity index (χ0v) is 18.2. The zero-order chi connectivity index (χ0) is 19.7. The minimum Gasteiger partial charge on any atom is -0.456 e. The highest BCUT2D eigenvalue weighted by Crippen LogP contribution is 2.33. The van der Waals surface area contributed by atoms with E-state index in [0.717, 1.165) is 33.5 Å². The molecule has 138 valence electrons. The van der Waals surface area contributed by atoms with Gasteiger partial charge < -0.3 is 9.82 Å². The minimum absolute atomic E-state index is 0.0254. The normalized spacial score (nSPS) is 11.5. The lowest BCUT2D eigenvalue weighted by Gasteiger charge is -2.15. The predicted octanol–water partition coefficient (Wildman–Crippen LogP) is 5.77. The summed E-state index contributed by atoms with van der Waals surface area (Å²) in [6, 6.07) is 12.4. The van der Waals surface area contributed by atoms with Crippen molar-refractivity contribution in [2.75, 3.05) is 0 Å². The molecule has 0 aliphatic heterocycles. The number of benzene rings is 2. The Kier molecular flexibility index (Phi) is 9.41. The molecule has 2 unspecified atom stereocenters. The first-order valence-corrected chi connectivity index (χ1v) is 10.1. The molecule has 0 radical (unpaired) electrons. The van der Waals surface area contributed by atoms with Gasteiger partial charge in [-0.1, -0.05) is 25.1 Å². The Morgan fingerprint density at radius 1 is 1.19 bits per heavy atom. The van der Waals surface area contributed by atoms with Gasteiger partial charge in [-0.05, 0) is 85.5 Å². The summed E-state index contributed by atoms with van der Waals surface area (Å²) >= 11 is 3.54. The van der Waals surface area contributed by atoms with E-state index in [9.17, 15) is 4.79 Å². The fourth-order valence-corrected chi connectivity index (χ4v) is 3.43. The third-order valence-corrected chi connectivity index (χ3v) is 5.44. The number of halogens is 1. The number of carbonyl (C=O) groups is 1. The molecule has 0 aliphatic rings. The first-order valence-electron chi connectivity index (χ1n) is 8.24. The number of nitrogens with one attached hydrogen (secondary N) is 1. The summed E-state index contributed by atoms with van der Waals surface area (Å²) in [5, 5.41) is 2.90. The van der Waals surface area contributed by atoms with Crippen molar-refractivity contribution in [1.82, 2.24) is 5.09 Å². The van der Waals surface area contributed by atoms with Crippen LogP contribution in [0, 0.1) is 26.7 Å². The third-order valence-electron chi connectivity index (χ3n) is 3.60. The molecule has 3 nitrogen and oxygen atoms in total. The Labute approximate surface area is 166 Å². The number of terminal acetylenes is 1. The van der Waals surface area contributed by atoms with E-state index in [0.29, 0.717) is 14.4 Å². The minimum atomic E-state index is 0.0254. The lowest BCUT2D eigenvalue weighted by molar-refractivity contribution is -0.117. The van der Waals surface area contributed by atoms with E-state index in [1.165, 1.54) is 5.56 Å². The van der Waals surface area contributed by atoms with Gasteiger partial charge in [0.15, 0.2) is 0 Å². The highest BCUT2D eigenvalue weighted by Gasteiger charge is 2.10. The van der Waals surface area contributed by atoms with E-state index in [4.69, 9.17) is 4.74 Å². The summed E-state index contributed by atoms with van der Waals surface area (Å²) in [7, 11) is 0.428. The molecule has 0 fully saturated rings. The van der Waals surface area contributed by atoms with Crippen LogP contribution in [0.3, 0.4) is 0 Å². The molecule has 5 heteroatoms. The van der Waals surface area contributed by atoms with Crippen LogP contribution in [0.2, 0.25) is 0 Å². The van der Waals surface area contributed by atoms with Crippen LogP contribution in [0.5, 0.6) is 11.5 Å². The maximum atomic E-state index is 11.0. The average Bonchev–Trinajstić information content (AvgIpc) is 2.61. The van der Waals surface area contributed by atoms with E-state index in [-0.39, 0.29) is 5.91 Å². The smallest absolute Gasteiger partial charge is 0.219 e. The molecular weight excluding hydrogens is 409 g/mol. The average molecular weight is 434 g/mol. The van der Waals surface area contributed by atoms with Crippen molar-refractivity contribution < 1.29 is 9.53 Å². The second kappa shape index (κ2) is 11.0. The SMILES string of the molecule is C#C.CC(=O)NPC(C)Cc1ccc(C)c(Oc2cc(C)ccc2Br)c1. The number of rotatable bonds is 6. The standard InChI is InChI=1S/C19H23BrNO2P.C2H2/c1-12-5-8-17(20)19(9-12)23-18-11-16(7-6-13(18)2)10-14(3)24-21-15(4)22;1-2/h5-9,11,14,24H,10H2,1-4H3,(H,21,22);1-2H. The van der Waals surface area contributed by atoms with Crippen molar-refractivity contribution in [1.29, 1.82) is 0 Å². The van der Waals surface area contributed by atoms with Gasteiger partial charge in [0, 0.05) is 6.92 Å². The molecule has 0 bridgehead atoms. The molecule has 2 atom stereocenters. The molecule has 26 heavy (non-hydrogen) atoms. The van der Waals surface area contributed by atoms with E-state index in [2.05, 4.69) is 59.0 Å². The van der Waals surface area contributed by atoms with E-state index >= 15 is 0 Å². The van der Waals surface area contributed by atoms with Crippen LogP contribution in [0.25, 0.3) is 0 Å². The summed E-state index contributed by atoms with van der Waals surface area (Å²) in [6.45, 7) is 7.79. The molecule has 0 saturated heterocycles. The van der Waals surface area contributed by atoms with Crippen LogP contribution < -0.4 is 9.82 Å². The summed E-state index contributed by atoms with van der Waals surface area (Å²) in [4.78, 5) is 11.0. The Morgan fingerprint density at radius 2 is 1.88 bits per heavy atom. The summed E-state index contributed by atoms with van der Waals surface area (Å²) in [5.74, 6) is 1.72. The Morgan fingerprint density at radius 3 is 2.54 bits per heavy atom. The maximum absolute atomic E-state index is 11.0. The number of amides is 1. The van der Waals surface area contributed by atoms with Crippen molar-refractivity contribution in [2.45, 2.75) is 39.8 Å². The summed E-state index contributed by atoms with van der Waals surface area (Å²) < 4.78 is 7.07. The maximum Gasteiger partial charge on any atom is 0.219 e. The van der Waals surface area contributed by atoms with E-state index in [1.54, 1.807) is 6.92 Å². The second-order valence-corrected chi connectivity index (χ2v) is 8.45. The molecule has 0 heterocycles. The fourth-order valence-electron chi connectivity index (χ4n) is 2.32. The summed E-state index contributed by atoms with van der Waals surface area (Å²) in [5.41, 5.74) is 3.87. The van der Waals surface area contributed by atoms with Crippen LogP contribution in [-0.4, -0.2) is 11.6 Å². The van der Waals surface area contributed by atoms with Gasteiger partial charge in [0.2, 0.25) is 5.91 Å². The zero-order valence-electron chi connectivity index (χ0n) is 15.6. The van der Waals surface area contributed by atoms with Gasteiger partial charge in [-0.2, -0.15) is 0 Å². The second-order valence-electron chi connectivity index (χ2n) is 6.07. The summed E-state index contributed by atoms with van der Waals surface area (Å²) in [6.07, 6.45) is 8.91. The number of hydrogen-bond acceptors (Lipinski definition) is 2. The largest absolute Gasteiger partial charge is 0.456 e. The van der Waals surface area contributed by atoms with Gasteiger partial charge in [0.05, 0.1) is 4.47 Å². The van der Waals surface area contributed by atoms with Gasteiger partial charge in [-0.15, -0.1) is 12.8 Å². The van der Waals surface area contributed by atoms with Crippen LogP contribution >= 0.6 is 24.7 Å². The van der Waals surface area contributed by atoms with Gasteiger partial charge in [-0.25, -0.2) is 0 Å². The molecule has 2 aromatic rings. The number of hydrogen-bond donors (Lipinski definition) is 1. The van der Waals surface area contributed by atoms with Crippen molar-refractivity contribution in [3.05, 3.63) is 57.6 Å². The molecule has 1 N–H and O–H groups in total. The molecule has 0 spiro atoms. The molecular formula is C21H25BrNO2P. The van der Waals surface area contributed by atoms with Crippen molar-refractivity contribution >= 4 is 30.6 Å². The number of ether oxygens (including phenoxy) is 1.